The Bertz CT molecular complexity index is 1160. The number of pyridine rings is 1. The molecule has 0 aliphatic rings. The Hall–Kier alpha value is -3.23. The van der Waals surface area contributed by atoms with Gasteiger partial charge in [0, 0.05) is 41.0 Å². The third-order valence-electron chi connectivity index (χ3n) is 4.24. The van der Waals surface area contributed by atoms with Crippen molar-refractivity contribution in [3.8, 4) is 28.4 Å². The Balaban J connectivity index is 1.60. The van der Waals surface area contributed by atoms with Crippen LogP contribution in [0.15, 0.2) is 53.6 Å². The van der Waals surface area contributed by atoms with Gasteiger partial charge in [-0.25, -0.2) is 15.0 Å². The van der Waals surface area contributed by atoms with Crippen molar-refractivity contribution in [1.29, 1.82) is 0 Å². The number of anilines is 1. The molecule has 9 heteroatoms. The van der Waals surface area contributed by atoms with Crippen LogP contribution in [-0.4, -0.2) is 32.5 Å². The molecule has 0 saturated heterocycles. The van der Waals surface area contributed by atoms with Crippen LogP contribution in [0.25, 0.3) is 22.6 Å². The van der Waals surface area contributed by atoms with Crippen LogP contribution in [0.5, 0.6) is 5.75 Å². The van der Waals surface area contributed by atoms with Gasteiger partial charge in [-0.1, -0.05) is 11.6 Å². The maximum absolute atomic E-state index is 12.1. The minimum Gasteiger partial charge on any atom is -0.496 e. The van der Waals surface area contributed by atoms with E-state index in [4.69, 9.17) is 21.3 Å². The second-order valence-electron chi connectivity index (χ2n) is 6.17. The molecule has 29 heavy (non-hydrogen) atoms. The monoisotopic (exact) mass is 425 g/mol. The van der Waals surface area contributed by atoms with Gasteiger partial charge >= 0.3 is 0 Å². The van der Waals surface area contributed by atoms with Gasteiger partial charge in [0.05, 0.1) is 18.3 Å². The van der Waals surface area contributed by atoms with Crippen molar-refractivity contribution >= 4 is 34.7 Å². The molecule has 3 aromatic heterocycles. The van der Waals surface area contributed by atoms with Gasteiger partial charge in [0.1, 0.15) is 23.1 Å². The number of carbonyl (C=O) groups is 1. The SMILES string of the molecule is COc1ccc(Cl)cc1-c1cn(C)c(-c2ccc(NC(=O)c3cscn3)nc2)n1. The molecule has 0 aliphatic carbocycles. The molecular formula is C20H16ClN5O2S. The van der Waals surface area contributed by atoms with Gasteiger partial charge in [0.2, 0.25) is 0 Å². The number of carbonyl (C=O) groups excluding carboxylic acids is 1. The van der Waals surface area contributed by atoms with Crippen LogP contribution < -0.4 is 10.1 Å². The van der Waals surface area contributed by atoms with Crippen LogP contribution in [-0.2, 0) is 7.05 Å². The molecule has 1 N–H and O–H groups in total. The van der Waals surface area contributed by atoms with E-state index in [1.165, 1.54) is 11.3 Å². The number of thiazole rings is 1. The summed E-state index contributed by atoms with van der Waals surface area (Å²) in [6.07, 6.45) is 3.57. The Morgan fingerprint density at radius 2 is 2.10 bits per heavy atom. The van der Waals surface area contributed by atoms with E-state index < -0.39 is 0 Å². The molecular weight excluding hydrogens is 410 g/mol. The molecule has 1 amide bonds. The van der Waals surface area contributed by atoms with E-state index in [2.05, 4.69) is 15.3 Å². The van der Waals surface area contributed by atoms with Crippen molar-refractivity contribution in [1.82, 2.24) is 19.5 Å². The average molecular weight is 426 g/mol. The fraction of sp³-hybridized carbons (Fsp3) is 0.100. The summed E-state index contributed by atoms with van der Waals surface area (Å²) in [6, 6.07) is 8.99. The minimum absolute atomic E-state index is 0.293. The first kappa shape index (κ1) is 19.1. The van der Waals surface area contributed by atoms with Crippen molar-refractivity contribution < 1.29 is 9.53 Å². The van der Waals surface area contributed by atoms with E-state index >= 15 is 0 Å². The number of imidazole rings is 1. The second-order valence-corrected chi connectivity index (χ2v) is 7.32. The van der Waals surface area contributed by atoms with Gasteiger partial charge in [-0.3, -0.25) is 4.79 Å². The predicted octanol–water partition coefficient (Wildman–Crippen LogP) is 4.52. The summed E-state index contributed by atoms with van der Waals surface area (Å²) in [6.45, 7) is 0. The number of benzene rings is 1. The lowest BCUT2D eigenvalue weighted by atomic mass is 10.1. The van der Waals surface area contributed by atoms with E-state index in [0.717, 1.165) is 22.6 Å². The van der Waals surface area contributed by atoms with Crippen molar-refractivity contribution in [2.45, 2.75) is 0 Å². The van der Waals surface area contributed by atoms with Gasteiger partial charge < -0.3 is 14.6 Å². The van der Waals surface area contributed by atoms with Crippen molar-refractivity contribution in [3.05, 3.63) is 64.3 Å². The number of hydrogen-bond acceptors (Lipinski definition) is 6. The maximum Gasteiger partial charge on any atom is 0.276 e. The third kappa shape index (κ3) is 3.98. The molecule has 0 fully saturated rings. The van der Waals surface area contributed by atoms with Crippen molar-refractivity contribution in [2.24, 2.45) is 7.05 Å². The first-order valence-corrected chi connectivity index (χ1v) is 9.90. The Kier molecular flexibility index (Phi) is 5.28. The lowest BCUT2D eigenvalue weighted by Crippen LogP contribution is -2.13. The van der Waals surface area contributed by atoms with Crippen LogP contribution >= 0.6 is 22.9 Å². The summed E-state index contributed by atoms with van der Waals surface area (Å²) in [5, 5.41) is 5.02. The van der Waals surface area contributed by atoms with E-state index in [1.54, 1.807) is 36.3 Å². The molecule has 0 saturated carbocycles. The van der Waals surface area contributed by atoms with Gasteiger partial charge in [0.25, 0.3) is 5.91 Å². The maximum atomic E-state index is 12.1. The van der Waals surface area contributed by atoms with Crippen LogP contribution in [0.2, 0.25) is 5.02 Å². The quantitative estimate of drug-likeness (QED) is 0.508. The highest BCUT2D eigenvalue weighted by Gasteiger charge is 2.15. The standard InChI is InChI=1S/C20H16ClN5O2S/c1-26-9-15(14-7-13(21)4-5-17(14)28-2)24-19(26)12-3-6-18(22-8-12)25-20(27)16-10-29-11-23-16/h3-11H,1-2H3,(H,22,25,27). The van der Waals surface area contributed by atoms with Crippen LogP contribution in [0.4, 0.5) is 5.82 Å². The summed E-state index contributed by atoms with van der Waals surface area (Å²) in [5.74, 6) is 1.57. The lowest BCUT2D eigenvalue weighted by Gasteiger charge is -2.06. The number of nitrogens with one attached hydrogen (secondary N) is 1. The summed E-state index contributed by atoms with van der Waals surface area (Å²) in [5.41, 5.74) is 4.33. The fourth-order valence-electron chi connectivity index (χ4n) is 2.85. The largest absolute Gasteiger partial charge is 0.496 e. The number of rotatable bonds is 5. The first-order valence-electron chi connectivity index (χ1n) is 8.58. The molecule has 1 aromatic carbocycles. The minimum atomic E-state index is -0.293. The predicted molar refractivity (Wildman–Crippen MR) is 114 cm³/mol. The number of methoxy groups -OCH3 is 1. The van der Waals surface area contributed by atoms with E-state index in [0.29, 0.717) is 22.3 Å². The van der Waals surface area contributed by atoms with E-state index in [9.17, 15) is 4.79 Å². The molecule has 146 valence electrons. The Morgan fingerprint density at radius 1 is 1.24 bits per heavy atom. The molecule has 4 aromatic rings. The van der Waals surface area contributed by atoms with Crippen molar-refractivity contribution in [2.75, 3.05) is 12.4 Å². The summed E-state index contributed by atoms with van der Waals surface area (Å²) < 4.78 is 7.33. The molecule has 0 atom stereocenters. The number of aryl methyl sites for hydroxylation is 1. The smallest absolute Gasteiger partial charge is 0.276 e. The highest BCUT2D eigenvalue weighted by atomic mass is 35.5. The Labute approximate surface area is 176 Å². The molecule has 4 rings (SSSR count). The van der Waals surface area contributed by atoms with Gasteiger partial charge in [0.15, 0.2) is 0 Å². The molecule has 7 nitrogen and oxygen atoms in total. The number of nitrogens with zero attached hydrogens (tertiary/aromatic N) is 4. The number of ether oxygens (including phenoxy) is 1. The van der Waals surface area contributed by atoms with Gasteiger partial charge in [-0.15, -0.1) is 11.3 Å². The van der Waals surface area contributed by atoms with Crippen molar-refractivity contribution in [3.63, 3.8) is 0 Å². The molecule has 0 spiro atoms. The van der Waals surface area contributed by atoms with Crippen LogP contribution in [0, 0.1) is 0 Å². The molecule has 0 aliphatic heterocycles. The highest BCUT2D eigenvalue weighted by molar-refractivity contribution is 7.07. The number of aromatic nitrogens is 4. The second kappa shape index (κ2) is 8.02. The van der Waals surface area contributed by atoms with E-state index in [-0.39, 0.29) is 5.91 Å². The topological polar surface area (TPSA) is 81.9 Å². The normalized spacial score (nSPS) is 10.7. The number of halogens is 1. The van der Waals surface area contributed by atoms with E-state index in [1.807, 2.05) is 36.0 Å². The highest BCUT2D eigenvalue weighted by Crippen LogP contribution is 2.33. The van der Waals surface area contributed by atoms with Crippen LogP contribution in [0.3, 0.4) is 0 Å². The molecule has 0 bridgehead atoms. The van der Waals surface area contributed by atoms with Crippen LogP contribution in [0.1, 0.15) is 10.5 Å². The average Bonchev–Trinajstić information content (AvgIpc) is 3.39. The molecule has 0 unspecified atom stereocenters. The summed E-state index contributed by atoms with van der Waals surface area (Å²) >= 11 is 7.51. The molecule has 0 radical (unpaired) electrons. The zero-order valence-corrected chi connectivity index (χ0v) is 17.2. The van der Waals surface area contributed by atoms with Gasteiger partial charge in [-0.05, 0) is 30.3 Å². The summed E-state index contributed by atoms with van der Waals surface area (Å²) in [4.78, 5) is 25.1. The summed E-state index contributed by atoms with van der Waals surface area (Å²) in [7, 11) is 3.51. The third-order valence-corrected chi connectivity index (χ3v) is 5.06. The number of hydrogen-bond donors (Lipinski definition) is 1. The van der Waals surface area contributed by atoms with Gasteiger partial charge in [-0.2, -0.15) is 0 Å². The Morgan fingerprint density at radius 3 is 2.79 bits per heavy atom. The lowest BCUT2D eigenvalue weighted by molar-refractivity contribution is 0.102. The zero-order chi connectivity index (χ0) is 20.4. The molecule has 3 heterocycles. The first-order chi connectivity index (χ1) is 14.0. The number of amides is 1. The zero-order valence-electron chi connectivity index (χ0n) is 15.6. The fourth-order valence-corrected chi connectivity index (χ4v) is 3.55.